The lowest BCUT2D eigenvalue weighted by molar-refractivity contribution is -0.229. The number of carbonyl (C=O) groups excluding carboxylic acids is 4. The normalized spacial score (nSPS) is 27.9. The number of allylic oxidation sites excluding steroid dienone is 2. The van der Waals surface area contributed by atoms with Crippen molar-refractivity contribution in [3.05, 3.63) is 37.0 Å². The van der Waals surface area contributed by atoms with Gasteiger partial charge in [-0.15, -0.1) is 0 Å². The molecule has 1 aliphatic carbocycles. The van der Waals surface area contributed by atoms with E-state index in [1.165, 1.54) is 6.08 Å². The Morgan fingerprint density at radius 1 is 1.00 bits per heavy atom. The first kappa shape index (κ1) is 28.1. The van der Waals surface area contributed by atoms with Crippen LogP contribution in [0, 0.1) is 5.92 Å². The second kappa shape index (κ2) is 14.2. The zero-order valence-electron chi connectivity index (χ0n) is 19.3. The fourth-order valence-corrected chi connectivity index (χ4v) is 3.19. The van der Waals surface area contributed by atoms with Gasteiger partial charge in [0.05, 0.1) is 12.7 Å². The highest BCUT2D eigenvalue weighted by molar-refractivity contribution is 5.77. The van der Waals surface area contributed by atoms with Gasteiger partial charge in [0.15, 0.2) is 24.4 Å². The Kier molecular flexibility index (Phi) is 12.1. The van der Waals surface area contributed by atoms with E-state index in [4.69, 9.17) is 23.7 Å². The summed E-state index contributed by atoms with van der Waals surface area (Å²) in [6.45, 7) is 8.60. The first-order valence-corrected chi connectivity index (χ1v) is 10.5. The van der Waals surface area contributed by atoms with Crippen LogP contribution in [0.5, 0.6) is 0 Å². The molecule has 0 spiro atoms. The maximum Gasteiger partial charge on any atom is 0.339 e. The maximum absolute atomic E-state index is 12.1. The van der Waals surface area contributed by atoms with Gasteiger partial charge >= 0.3 is 23.9 Å². The average molecular weight is 468 g/mol. The molecule has 0 amide bonds. The summed E-state index contributed by atoms with van der Waals surface area (Å²) in [5, 5.41) is 9.23. The molecule has 0 aromatic carbocycles. The van der Waals surface area contributed by atoms with Crippen LogP contribution in [0.3, 0.4) is 0 Å². The van der Waals surface area contributed by atoms with Gasteiger partial charge in [-0.3, -0.25) is 14.4 Å². The molecule has 33 heavy (non-hydrogen) atoms. The van der Waals surface area contributed by atoms with Gasteiger partial charge < -0.3 is 28.8 Å². The second-order valence-corrected chi connectivity index (χ2v) is 7.30. The van der Waals surface area contributed by atoms with Gasteiger partial charge in [-0.25, -0.2) is 4.79 Å². The monoisotopic (exact) mass is 468 g/mol. The van der Waals surface area contributed by atoms with E-state index in [1.807, 2.05) is 24.3 Å². The number of aliphatic hydroxyl groups is 1. The molecule has 0 saturated carbocycles. The minimum Gasteiger partial charge on any atom is -0.459 e. The van der Waals surface area contributed by atoms with Crippen LogP contribution in [-0.4, -0.2) is 72.7 Å². The van der Waals surface area contributed by atoms with E-state index in [9.17, 15) is 24.3 Å². The van der Waals surface area contributed by atoms with Gasteiger partial charge in [-0.2, -0.15) is 0 Å². The number of carbonyl (C=O) groups is 4. The molecule has 1 heterocycles. The molecule has 6 atom stereocenters. The Morgan fingerprint density at radius 3 is 2.06 bits per heavy atom. The molecule has 2 rings (SSSR count). The predicted molar refractivity (Wildman–Crippen MR) is 116 cm³/mol. The highest BCUT2D eigenvalue weighted by Gasteiger charge is 2.50. The average Bonchev–Trinajstić information content (AvgIpc) is 2.74. The van der Waals surface area contributed by atoms with Crippen molar-refractivity contribution in [3.63, 3.8) is 0 Å². The van der Waals surface area contributed by atoms with Gasteiger partial charge in [0.25, 0.3) is 0 Å². The van der Waals surface area contributed by atoms with Crippen LogP contribution in [0.1, 0.15) is 34.1 Å². The Morgan fingerprint density at radius 2 is 1.58 bits per heavy atom. The fraction of sp³-hybridized carbons (Fsp3) is 0.565. The SMILES string of the molecule is C=CCOC(=O)[C@H]1OCC(OC(C)=O)[C@@H](OC(C)=O)C1OC(C)=O.CCC1C=CC=CC1O. The molecule has 0 radical (unpaired) electrons. The van der Waals surface area contributed by atoms with E-state index in [2.05, 4.69) is 13.5 Å². The van der Waals surface area contributed by atoms with Crippen LogP contribution in [0.2, 0.25) is 0 Å². The number of hydrogen-bond acceptors (Lipinski definition) is 10. The molecule has 1 aliphatic heterocycles. The van der Waals surface area contributed by atoms with Gasteiger partial charge in [0, 0.05) is 26.7 Å². The van der Waals surface area contributed by atoms with E-state index in [0.717, 1.165) is 27.2 Å². The minimum absolute atomic E-state index is 0.0723. The van der Waals surface area contributed by atoms with Crippen molar-refractivity contribution in [1.29, 1.82) is 0 Å². The summed E-state index contributed by atoms with van der Waals surface area (Å²) in [6, 6.07) is 0. The number of esters is 4. The van der Waals surface area contributed by atoms with Crippen molar-refractivity contribution >= 4 is 23.9 Å². The number of rotatable bonds is 7. The molecule has 0 bridgehead atoms. The highest BCUT2D eigenvalue weighted by Crippen LogP contribution is 2.25. The molecule has 10 nitrogen and oxygen atoms in total. The number of hydrogen-bond donors (Lipinski definition) is 1. The van der Waals surface area contributed by atoms with Crippen molar-refractivity contribution < 1.29 is 48.0 Å². The van der Waals surface area contributed by atoms with Crippen molar-refractivity contribution in [2.45, 2.75) is 64.6 Å². The number of aliphatic hydroxyl groups excluding tert-OH is 1. The molecular weight excluding hydrogens is 436 g/mol. The lowest BCUT2D eigenvalue weighted by Crippen LogP contribution is -2.59. The van der Waals surface area contributed by atoms with Gasteiger partial charge in [-0.1, -0.05) is 43.9 Å². The van der Waals surface area contributed by atoms with Crippen LogP contribution in [-0.2, 0) is 42.9 Å². The first-order chi connectivity index (χ1) is 15.6. The molecule has 1 saturated heterocycles. The van der Waals surface area contributed by atoms with Crippen LogP contribution >= 0.6 is 0 Å². The van der Waals surface area contributed by atoms with E-state index < -0.39 is 48.3 Å². The third-order valence-electron chi connectivity index (χ3n) is 4.61. The van der Waals surface area contributed by atoms with E-state index in [0.29, 0.717) is 5.92 Å². The Balaban J connectivity index is 0.000000502. The Bertz CT molecular complexity index is 756. The van der Waals surface area contributed by atoms with E-state index in [-0.39, 0.29) is 19.3 Å². The minimum atomic E-state index is -1.33. The third kappa shape index (κ3) is 9.58. The summed E-state index contributed by atoms with van der Waals surface area (Å²) in [6.07, 6.45) is 4.99. The molecule has 2 aliphatic rings. The summed E-state index contributed by atoms with van der Waals surface area (Å²) in [4.78, 5) is 46.0. The third-order valence-corrected chi connectivity index (χ3v) is 4.61. The summed E-state index contributed by atoms with van der Waals surface area (Å²) in [7, 11) is 0. The largest absolute Gasteiger partial charge is 0.459 e. The molecule has 0 aromatic rings. The second-order valence-electron chi connectivity index (χ2n) is 7.30. The van der Waals surface area contributed by atoms with Crippen LogP contribution in [0.15, 0.2) is 37.0 Å². The van der Waals surface area contributed by atoms with Crippen LogP contribution < -0.4 is 0 Å². The summed E-state index contributed by atoms with van der Waals surface area (Å²) < 4.78 is 25.4. The molecule has 1 fully saturated rings. The lowest BCUT2D eigenvalue weighted by Gasteiger charge is -2.39. The smallest absolute Gasteiger partial charge is 0.339 e. The highest BCUT2D eigenvalue weighted by atomic mass is 16.7. The molecule has 10 heteroatoms. The van der Waals surface area contributed by atoms with Gasteiger partial charge in [0.2, 0.25) is 0 Å². The predicted octanol–water partition coefficient (Wildman–Crippen LogP) is 1.41. The lowest BCUT2D eigenvalue weighted by atomic mass is 9.95. The van der Waals surface area contributed by atoms with E-state index >= 15 is 0 Å². The van der Waals surface area contributed by atoms with Crippen molar-refractivity contribution in [2.24, 2.45) is 5.92 Å². The summed E-state index contributed by atoms with van der Waals surface area (Å²) >= 11 is 0. The van der Waals surface area contributed by atoms with Crippen LogP contribution in [0.25, 0.3) is 0 Å². The number of ether oxygens (including phenoxy) is 5. The molecule has 184 valence electrons. The molecule has 1 N–H and O–H groups in total. The Labute approximate surface area is 193 Å². The fourth-order valence-electron chi connectivity index (χ4n) is 3.19. The summed E-state index contributed by atoms with van der Waals surface area (Å²) in [5.41, 5.74) is 0. The van der Waals surface area contributed by atoms with Crippen LogP contribution in [0.4, 0.5) is 0 Å². The first-order valence-electron chi connectivity index (χ1n) is 10.5. The maximum atomic E-state index is 12.1. The zero-order chi connectivity index (χ0) is 25.0. The van der Waals surface area contributed by atoms with Crippen molar-refractivity contribution in [3.8, 4) is 0 Å². The zero-order valence-corrected chi connectivity index (χ0v) is 19.3. The Hall–Kier alpha value is -2.98. The van der Waals surface area contributed by atoms with Crippen molar-refractivity contribution in [2.75, 3.05) is 13.2 Å². The molecular formula is C23H32O10. The summed E-state index contributed by atoms with van der Waals surface area (Å²) in [5.74, 6) is -2.55. The van der Waals surface area contributed by atoms with Gasteiger partial charge in [-0.05, 0) is 6.42 Å². The molecule has 0 aromatic heterocycles. The quantitative estimate of drug-likeness (QED) is 0.332. The van der Waals surface area contributed by atoms with E-state index in [1.54, 1.807) is 0 Å². The molecule has 4 unspecified atom stereocenters. The standard InChI is InChI=1S/C15H20O9.C8H12O/c1-5-6-20-15(19)14-13(24-10(4)18)12(23-9(3)17)11(7-21-14)22-8(2)16;1-2-7-5-3-4-6-8(7)9/h5,11-14H,1,6-7H2,2-4H3;3-9H,2H2,1H3/t11?,12-,13?,14+;/m1./s1. The van der Waals surface area contributed by atoms with Crippen molar-refractivity contribution in [1.82, 2.24) is 0 Å². The van der Waals surface area contributed by atoms with Gasteiger partial charge in [0.1, 0.15) is 6.61 Å². The topological polar surface area (TPSA) is 135 Å².